The summed E-state index contributed by atoms with van der Waals surface area (Å²) < 4.78 is 1.87. The summed E-state index contributed by atoms with van der Waals surface area (Å²) in [6, 6.07) is 9.29. The van der Waals surface area contributed by atoms with Crippen LogP contribution in [0.1, 0.15) is 36.7 Å². The molecule has 0 radical (unpaired) electrons. The summed E-state index contributed by atoms with van der Waals surface area (Å²) in [7, 11) is 1.96. The van der Waals surface area contributed by atoms with Crippen molar-refractivity contribution in [3.63, 3.8) is 0 Å². The second kappa shape index (κ2) is 7.93. The van der Waals surface area contributed by atoms with E-state index in [9.17, 15) is 0 Å². The number of aromatic nitrogens is 3. The molecule has 0 aliphatic heterocycles. The molecule has 1 aromatic heterocycles. The lowest BCUT2D eigenvalue weighted by atomic mass is 10.0. The first kappa shape index (κ1) is 15.7. The Labute approximate surface area is 127 Å². The molecule has 2 rings (SSSR count). The third kappa shape index (κ3) is 4.97. The minimum absolute atomic E-state index is 0.453. The molecule has 0 spiro atoms. The lowest BCUT2D eigenvalue weighted by Crippen LogP contribution is -2.33. The van der Waals surface area contributed by atoms with Crippen molar-refractivity contribution in [1.29, 1.82) is 0 Å². The van der Waals surface area contributed by atoms with Gasteiger partial charge in [-0.25, -0.2) is 4.98 Å². The molecule has 1 N–H and O–H groups in total. The molecule has 114 valence electrons. The number of rotatable bonds is 8. The zero-order valence-electron chi connectivity index (χ0n) is 13.3. The van der Waals surface area contributed by atoms with Crippen LogP contribution in [0.3, 0.4) is 0 Å². The summed E-state index contributed by atoms with van der Waals surface area (Å²) in [6.07, 6.45) is 5.93. The quantitative estimate of drug-likeness (QED) is 0.811. The van der Waals surface area contributed by atoms with E-state index in [2.05, 4.69) is 53.5 Å². The zero-order valence-corrected chi connectivity index (χ0v) is 13.3. The van der Waals surface area contributed by atoms with Crippen LogP contribution in [0, 0.1) is 6.92 Å². The Morgan fingerprint density at radius 3 is 2.62 bits per heavy atom. The monoisotopic (exact) mass is 286 g/mol. The van der Waals surface area contributed by atoms with Crippen molar-refractivity contribution in [3.8, 4) is 0 Å². The average Bonchev–Trinajstić information content (AvgIpc) is 2.89. The summed E-state index contributed by atoms with van der Waals surface area (Å²) in [5.41, 5.74) is 2.72. The van der Waals surface area contributed by atoms with Crippen molar-refractivity contribution in [1.82, 2.24) is 20.1 Å². The molecule has 0 amide bonds. The van der Waals surface area contributed by atoms with Gasteiger partial charge in [0.2, 0.25) is 0 Å². The Bertz CT molecular complexity index is 530. The molecule has 4 nitrogen and oxygen atoms in total. The highest BCUT2D eigenvalue weighted by Gasteiger charge is 2.12. The highest BCUT2D eigenvalue weighted by Crippen LogP contribution is 2.10. The standard InChI is InChI=1S/C17H26N4/c1-4-11-18-16(12-17-19-13-20-21(17)3)10-9-15-7-5-14(2)6-8-15/h5-8,13,16,18H,4,9-12H2,1-3H3. The van der Waals surface area contributed by atoms with Crippen molar-refractivity contribution in [2.75, 3.05) is 6.54 Å². The van der Waals surface area contributed by atoms with E-state index in [0.29, 0.717) is 6.04 Å². The van der Waals surface area contributed by atoms with E-state index in [4.69, 9.17) is 0 Å². The number of hydrogen-bond acceptors (Lipinski definition) is 3. The van der Waals surface area contributed by atoms with Gasteiger partial charge in [0.15, 0.2) is 0 Å². The SMILES string of the molecule is CCCNC(CCc1ccc(C)cc1)Cc1ncnn1C. The lowest BCUT2D eigenvalue weighted by Gasteiger charge is -2.18. The van der Waals surface area contributed by atoms with Gasteiger partial charge in [0.25, 0.3) is 0 Å². The maximum absolute atomic E-state index is 4.34. The van der Waals surface area contributed by atoms with E-state index < -0.39 is 0 Å². The Kier molecular flexibility index (Phi) is 5.93. The molecule has 0 saturated heterocycles. The molecule has 2 aromatic rings. The third-order valence-electron chi connectivity index (χ3n) is 3.82. The molecule has 21 heavy (non-hydrogen) atoms. The summed E-state index contributed by atoms with van der Waals surface area (Å²) in [6.45, 7) is 5.38. The van der Waals surface area contributed by atoms with E-state index in [1.807, 2.05) is 11.7 Å². The van der Waals surface area contributed by atoms with Gasteiger partial charge in [-0.15, -0.1) is 0 Å². The predicted octanol–water partition coefficient (Wildman–Crippen LogP) is 2.67. The minimum Gasteiger partial charge on any atom is -0.314 e. The molecule has 1 atom stereocenters. The number of nitrogens with one attached hydrogen (secondary N) is 1. The second-order valence-electron chi connectivity index (χ2n) is 5.68. The molecular formula is C17H26N4. The largest absolute Gasteiger partial charge is 0.314 e. The van der Waals surface area contributed by atoms with Crippen molar-refractivity contribution >= 4 is 0 Å². The molecule has 0 bridgehead atoms. The first-order valence-electron chi connectivity index (χ1n) is 7.81. The highest BCUT2D eigenvalue weighted by molar-refractivity contribution is 5.21. The maximum Gasteiger partial charge on any atom is 0.138 e. The number of aryl methyl sites for hydroxylation is 3. The van der Waals surface area contributed by atoms with Gasteiger partial charge in [-0.3, -0.25) is 4.68 Å². The second-order valence-corrected chi connectivity index (χ2v) is 5.68. The van der Waals surface area contributed by atoms with Crippen LogP contribution in [-0.4, -0.2) is 27.4 Å². The third-order valence-corrected chi connectivity index (χ3v) is 3.82. The van der Waals surface area contributed by atoms with Crippen LogP contribution in [-0.2, 0) is 19.9 Å². The number of hydrogen-bond donors (Lipinski definition) is 1. The van der Waals surface area contributed by atoms with Gasteiger partial charge < -0.3 is 5.32 Å². The van der Waals surface area contributed by atoms with Crippen LogP contribution in [0.4, 0.5) is 0 Å². The van der Waals surface area contributed by atoms with Crippen molar-refractivity contribution in [2.24, 2.45) is 7.05 Å². The van der Waals surface area contributed by atoms with E-state index in [1.165, 1.54) is 11.1 Å². The van der Waals surface area contributed by atoms with Crippen molar-refractivity contribution in [3.05, 3.63) is 47.5 Å². The fourth-order valence-electron chi connectivity index (χ4n) is 2.45. The van der Waals surface area contributed by atoms with Gasteiger partial charge in [-0.2, -0.15) is 5.10 Å². The highest BCUT2D eigenvalue weighted by atomic mass is 15.3. The van der Waals surface area contributed by atoms with Gasteiger partial charge in [0.1, 0.15) is 12.2 Å². The van der Waals surface area contributed by atoms with Crippen LogP contribution >= 0.6 is 0 Å². The Morgan fingerprint density at radius 2 is 2.00 bits per heavy atom. The first-order chi connectivity index (χ1) is 10.2. The fraction of sp³-hybridized carbons (Fsp3) is 0.529. The Morgan fingerprint density at radius 1 is 1.24 bits per heavy atom. The van der Waals surface area contributed by atoms with Gasteiger partial charge in [-0.05, 0) is 38.3 Å². The van der Waals surface area contributed by atoms with Gasteiger partial charge in [0.05, 0.1) is 0 Å². The molecule has 1 heterocycles. The van der Waals surface area contributed by atoms with Crippen LogP contribution in [0.25, 0.3) is 0 Å². The number of nitrogens with zero attached hydrogens (tertiary/aromatic N) is 3. The molecular weight excluding hydrogens is 260 g/mol. The van der Waals surface area contributed by atoms with Crippen molar-refractivity contribution in [2.45, 2.75) is 45.6 Å². The van der Waals surface area contributed by atoms with E-state index in [1.54, 1.807) is 6.33 Å². The minimum atomic E-state index is 0.453. The summed E-state index contributed by atoms with van der Waals surface area (Å²) >= 11 is 0. The predicted molar refractivity (Wildman–Crippen MR) is 86.3 cm³/mol. The topological polar surface area (TPSA) is 42.7 Å². The smallest absolute Gasteiger partial charge is 0.138 e. The first-order valence-corrected chi connectivity index (χ1v) is 7.81. The van der Waals surface area contributed by atoms with E-state index in [-0.39, 0.29) is 0 Å². The summed E-state index contributed by atoms with van der Waals surface area (Å²) in [4.78, 5) is 4.34. The molecule has 1 aromatic carbocycles. The normalized spacial score (nSPS) is 12.5. The van der Waals surface area contributed by atoms with Crippen LogP contribution in [0.5, 0.6) is 0 Å². The Balaban J connectivity index is 1.92. The summed E-state index contributed by atoms with van der Waals surface area (Å²) in [5, 5.41) is 7.79. The summed E-state index contributed by atoms with van der Waals surface area (Å²) in [5.74, 6) is 1.05. The molecule has 0 aliphatic rings. The lowest BCUT2D eigenvalue weighted by molar-refractivity contribution is 0.461. The molecule has 0 fully saturated rings. The molecule has 4 heteroatoms. The molecule has 1 unspecified atom stereocenters. The van der Waals surface area contributed by atoms with Gasteiger partial charge in [0, 0.05) is 19.5 Å². The fourth-order valence-corrected chi connectivity index (χ4v) is 2.45. The van der Waals surface area contributed by atoms with Crippen molar-refractivity contribution < 1.29 is 0 Å². The van der Waals surface area contributed by atoms with Crippen LogP contribution < -0.4 is 5.32 Å². The van der Waals surface area contributed by atoms with E-state index in [0.717, 1.165) is 38.1 Å². The van der Waals surface area contributed by atoms with E-state index >= 15 is 0 Å². The van der Waals surface area contributed by atoms with Crippen LogP contribution in [0.15, 0.2) is 30.6 Å². The maximum atomic E-state index is 4.34. The Hall–Kier alpha value is -1.68. The molecule has 0 saturated carbocycles. The van der Waals surface area contributed by atoms with Gasteiger partial charge >= 0.3 is 0 Å². The van der Waals surface area contributed by atoms with Crippen LogP contribution in [0.2, 0.25) is 0 Å². The molecule has 0 aliphatic carbocycles. The number of benzene rings is 1. The zero-order chi connectivity index (χ0) is 15.1. The van der Waals surface area contributed by atoms with Gasteiger partial charge in [-0.1, -0.05) is 36.8 Å². The average molecular weight is 286 g/mol.